The average Bonchev–Trinajstić information content (AvgIpc) is 3.04. The van der Waals surface area contributed by atoms with Gasteiger partial charge in [-0.05, 0) is 82.0 Å². The first kappa shape index (κ1) is 22.2. The van der Waals surface area contributed by atoms with Gasteiger partial charge in [-0.3, -0.25) is 14.7 Å². The molecule has 0 bridgehead atoms. The number of carbonyl (C=O) groups excluding carboxylic acids is 1. The van der Waals surface area contributed by atoms with Crippen LogP contribution in [0.3, 0.4) is 0 Å². The summed E-state index contributed by atoms with van der Waals surface area (Å²) in [6.45, 7) is 2.69. The Labute approximate surface area is 176 Å². The van der Waals surface area contributed by atoms with Crippen molar-refractivity contribution in [2.24, 2.45) is 0 Å². The minimum absolute atomic E-state index is 0.171. The van der Waals surface area contributed by atoms with E-state index in [4.69, 9.17) is 24.8 Å². The molecule has 2 aliphatic carbocycles. The Hall–Kier alpha value is -2.48. The highest BCUT2D eigenvalue weighted by molar-refractivity contribution is 6.27. The lowest BCUT2D eigenvalue weighted by Crippen LogP contribution is -2.34. The average molecular weight is 418 g/mol. The molecule has 164 valence electrons. The summed E-state index contributed by atoms with van der Waals surface area (Å²) in [7, 11) is 0. The van der Waals surface area contributed by atoms with Crippen LogP contribution < -0.4 is 5.32 Å². The van der Waals surface area contributed by atoms with E-state index in [2.05, 4.69) is 10.2 Å². The highest BCUT2D eigenvalue weighted by Crippen LogP contribution is 2.35. The van der Waals surface area contributed by atoms with Crippen LogP contribution in [0, 0.1) is 0 Å². The zero-order valence-corrected chi connectivity index (χ0v) is 17.4. The third-order valence-corrected chi connectivity index (χ3v) is 6.01. The number of anilines is 1. The second-order valence-corrected chi connectivity index (χ2v) is 8.25. The SMILES string of the molecule is O=C(CN1CCCCCC1)Nc1c2c(nc3c1CCC3)CCCC2.O=C(O)C(=O)O. The number of aryl methyl sites for hydroxylation is 2. The normalized spacial score (nSPS) is 18.3. The van der Waals surface area contributed by atoms with Crippen molar-refractivity contribution in [3.8, 4) is 0 Å². The number of carbonyl (C=O) groups is 3. The lowest BCUT2D eigenvalue weighted by atomic mass is 9.92. The zero-order chi connectivity index (χ0) is 21.5. The van der Waals surface area contributed by atoms with Gasteiger partial charge in [0.25, 0.3) is 0 Å². The minimum Gasteiger partial charge on any atom is -0.473 e. The molecule has 8 heteroatoms. The molecule has 0 radical (unpaired) electrons. The number of hydrogen-bond donors (Lipinski definition) is 3. The van der Waals surface area contributed by atoms with Gasteiger partial charge >= 0.3 is 11.9 Å². The monoisotopic (exact) mass is 417 g/mol. The Bertz CT molecular complexity index is 788. The van der Waals surface area contributed by atoms with E-state index in [-0.39, 0.29) is 5.91 Å². The number of amides is 1. The number of carboxylic acid groups (broad SMARTS) is 2. The zero-order valence-electron chi connectivity index (χ0n) is 17.4. The maximum Gasteiger partial charge on any atom is 0.414 e. The summed E-state index contributed by atoms with van der Waals surface area (Å²) in [5.41, 5.74) is 6.32. The van der Waals surface area contributed by atoms with Crippen LogP contribution in [-0.2, 0) is 40.1 Å². The minimum atomic E-state index is -1.82. The molecule has 30 heavy (non-hydrogen) atoms. The molecule has 0 atom stereocenters. The summed E-state index contributed by atoms with van der Waals surface area (Å²) in [6, 6.07) is 0. The van der Waals surface area contributed by atoms with Gasteiger partial charge in [-0.15, -0.1) is 0 Å². The van der Waals surface area contributed by atoms with Gasteiger partial charge in [0.15, 0.2) is 0 Å². The fraction of sp³-hybridized carbons (Fsp3) is 0.636. The number of carboxylic acids is 2. The van der Waals surface area contributed by atoms with Crippen LogP contribution in [0.25, 0.3) is 0 Å². The highest BCUT2D eigenvalue weighted by atomic mass is 16.4. The molecular weight excluding hydrogens is 386 g/mol. The van der Waals surface area contributed by atoms with E-state index in [9.17, 15) is 4.79 Å². The summed E-state index contributed by atoms with van der Waals surface area (Å²) in [4.78, 5) is 38.2. The summed E-state index contributed by atoms with van der Waals surface area (Å²) < 4.78 is 0. The van der Waals surface area contributed by atoms with E-state index in [0.29, 0.717) is 6.54 Å². The first-order chi connectivity index (χ1) is 14.5. The standard InChI is InChI=1S/C20H29N3O.C2H2O4/c24-19(14-23-12-5-1-2-6-13-23)22-20-15-8-3-4-10-17(15)21-18-11-7-9-16(18)20;3-1(4)2(5)6/h1-14H2,(H,21,22,24);(H,3,4)(H,5,6). The molecular formula is C22H31N3O5. The molecule has 8 nitrogen and oxygen atoms in total. The molecule has 0 unspecified atom stereocenters. The molecule has 1 saturated heterocycles. The molecule has 1 aromatic heterocycles. The van der Waals surface area contributed by atoms with E-state index in [0.717, 1.165) is 44.5 Å². The van der Waals surface area contributed by atoms with E-state index < -0.39 is 11.9 Å². The summed E-state index contributed by atoms with van der Waals surface area (Å²) >= 11 is 0. The van der Waals surface area contributed by atoms with E-state index in [1.54, 1.807) is 0 Å². The number of nitrogens with zero attached hydrogens (tertiary/aromatic N) is 2. The molecule has 3 aliphatic rings. The Balaban J connectivity index is 0.000000377. The van der Waals surface area contributed by atoms with Crippen LogP contribution in [-0.4, -0.2) is 57.6 Å². The molecule has 3 N–H and O–H groups in total. The molecule has 2 heterocycles. The molecule has 1 amide bonds. The molecule has 1 aromatic rings. The van der Waals surface area contributed by atoms with Gasteiger partial charge in [-0.1, -0.05) is 12.8 Å². The maximum atomic E-state index is 12.7. The lowest BCUT2D eigenvalue weighted by molar-refractivity contribution is -0.159. The Morgan fingerprint density at radius 1 is 0.767 bits per heavy atom. The molecule has 0 saturated carbocycles. The first-order valence-electron chi connectivity index (χ1n) is 11.0. The van der Waals surface area contributed by atoms with Crippen molar-refractivity contribution < 1.29 is 24.6 Å². The van der Waals surface area contributed by atoms with Crippen molar-refractivity contribution >= 4 is 23.5 Å². The van der Waals surface area contributed by atoms with Crippen LogP contribution in [0.15, 0.2) is 0 Å². The van der Waals surface area contributed by atoms with Gasteiger partial charge < -0.3 is 15.5 Å². The van der Waals surface area contributed by atoms with Gasteiger partial charge in [0, 0.05) is 11.4 Å². The van der Waals surface area contributed by atoms with Crippen LogP contribution in [0.5, 0.6) is 0 Å². The third-order valence-electron chi connectivity index (χ3n) is 6.01. The third kappa shape index (κ3) is 5.78. The molecule has 1 fully saturated rings. The van der Waals surface area contributed by atoms with Gasteiger partial charge in [-0.25, -0.2) is 9.59 Å². The summed E-state index contributed by atoms with van der Waals surface area (Å²) in [5, 5.41) is 18.1. The van der Waals surface area contributed by atoms with Gasteiger partial charge in [-0.2, -0.15) is 0 Å². The number of likely N-dealkylation sites (tertiary alicyclic amines) is 1. The number of pyridine rings is 1. The number of aromatic nitrogens is 1. The van der Waals surface area contributed by atoms with Crippen molar-refractivity contribution in [2.45, 2.75) is 70.6 Å². The van der Waals surface area contributed by atoms with Gasteiger partial charge in [0.05, 0.1) is 12.2 Å². The largest absolute Gasteiger partial charge is 0.473 e. The predicted molar refractivity (Wildman–Crippen MR) is 112 cm³/mol. The summed E-state index contributed by atoms with van der Waals surface area (Å²) in [5.74, 6) is -3.48. The fourth-order valence-electron chi connectivity index (χ4n) is 4.57. The molecule has 0 spiro atoms. The second kappa shape index (κ2) is 10.5. The Morgan fingerprint density at radius 3 is 1.90 bits per heavy atom. The van der Waals surface area contributed by atoms with Gasteiger partial charge in [0.2, 0.25) is 5.91 Å². The Kier molecular flexibility index (Phi) is 7.79. The van der Waals surface area contributed by atoms with Crippen molar-refractivity contribution in [3.05, 3.63) is 22.5 Å². The second-order valence-electron chi connectivity index (χ2n) is 8.25. The summed E-state index contributed by atoms with van der Waals surface area (Å²) in [6.07, 6.45) is 13.0. The number of fused-ring (bicyclic) bond motifs is 2. The quantitative estimate of drug-likeness (QED) is 0.646. The smallest absolute Gasteiger partial charge is 0.414 e. The number of nitrogens with one attached hydrogen (secondary N) is 1. The van der Waals surface area contributed by atoms with Gasteiger partial charge in [0.1, 0.15) is 0 Å². The van der Waals surface area contributed by atoms with Crippen molar-refractivity contribution in [2.75, 3.05) is 25.0 Å². The van der Waals surface area contributed by atoms with Crippen LogP contribution in [0.2, 0.25) is 0 Å². The maximum absolute atomic E-state index is 12.7. The fourth-order valence-corrected chi connectivity index (χ4v) is 4.57. The number of aliphatic carboxylic acids is 2. The van der Waals surface area contributed by atoms with E-state index in [1.165, 1.54) is 67.5 Å². The van der Waals surface area contributed by atoms with E-state index in [1.807, 2.05) is 0 Å². The van der Waals surface area contributed by atoms with Crippen LogP contribution in [0.1, 0.15) is 67.5 Å². The molecule has 0 aromatic carbocycles. The molecule has 4 rings (SSSR count). The highest BCUT2D eigenvalue weighted by Gasteiger charge is 2.25. The first-order valence-corrected chi connectivity index (χ1v) is 11.0. The van der Waals surface area contributed by atoms with Crippen molar-refractivity contribution in [3.63, 3.8) is 0 Å². The lowest BCUT2D eigenvalue weighted by Gasteiger charge is -2.24. The molecule has 1 aliphatic heterocycles. The van der Waals surface area contributed by atoms with Crippen molar-refractivity contribution in [1.82, 2.24) is 9.88 Å². The van der Waals surface area contributed by atoms with Crippen LogP contribution >= 0.6 is 0 Å². The van der Waals surface area contributed by atoms with Crippen LogP contribution in [0.4, 0.5) is 5.69 Å². The number of hydrogen-bond acceptors (Lipinski definition) is 5. The number of rotatable bonds is 3. The van der Waals surface area contributed by atoms with E-state index >= 15 is 0 Å². The predicted octanol–water partition coefficient (Wildman–Crippen LogP) is 2.42. The topological polar surface area (TPSA) is 120 Å². The Morgan fingerprint density at radius 2 is 1.30 bits per heavy atom. The van der Waals surface area contributed by atoms with Crippen molar-refractivity contribution in [1.29, 1.82) is 0 Å².